The summed E-state index contributed by atoms with van der Waals surface area (Å²) in [6.45, 7) is 4.15. The number of likely N-dealkylation sites (N-methyl/N-ethyl adjacent to an activating group) is 1. The van der Waals surface area contributed by atoms with Crippen LogP contribution in [0.2, 0.25) is 0 Å². The highest BCUT2D eigenvalue weighted by Crippen LogP contribution is 2.13. The molecule has 1 rings (SSSR count). The fourth-order valence-electron chi connectivity index (χ4n) is 1.33. The number of hydrogen-bond acceptors (Lipinski definition) is 4. The predicted octanol–water partition coefficient (Wildman–Crippen LogP) is -0.580. The Morgan fingerprint density at radius 2 is 2.06 bits per heavy atom. The molecule has 7 nitrogen and oxygen atoms in total. The maximum absolute atomic E-state index is 11.6. The third kappa shape index (κ3) is 3.20. The van der Waals surface area contributed by atoms with E-state index in [0.717, 1.165) is 0 Å². The molecule has 17 heavy (non-hydrogen) atoms. The number of carbonyl (C=O) groups is 2. The minimum Gasteiger partial charge on any atom is -0.395 e. The van der Waals surface area contributed by atoms with Crippen molar-refractivity contribution in [2.24, 2.45) is 0 Å². The van der Waals surface area contributed by atoms with Gasteiger partial charge in [-0.3, -0.25) is 14.7 Å². The van der Waals surface area contributed by atoms with Gasteiger partial charge in [0, 0.05) is 6.54 Å². The lowest BCUT2D eigenvalue weighted by molar-refractivity contribution is -0.120. The lowest BCUT2D eigenvalue weighted by Crippen LogP contribution is -2.37. The van der Waals surface area contributed by atoms with Gasteiger partial charge in [-0.15, -0.1) is 0 Å². The number of nitrogens with one attached hydrogen (secondary N) is 3. The van der Waals surface area contributed by atoms with E-state index in [1.807, 2.05) is 6.92 Å². The molecule has 0 radical (unpaired) electrons. The minimum atomic E-state index is -0.454. The van der Waals surface area contributed by atoms with Crippen LogP contribution < -0.4 is 16.4 Å². The molecule has 0 bridgehead atoms. The van der Waals surface area contributed by atoms with Crippen LogP contribution in [0.3, 0.4) is 0 Å². The maximum Gasteiger partial charge on any atom is 0.274 e. The Balaban J connectivity index is 2.58. The summed E-state index contributed by atoms with van der Waals surface area (Å²) in [7, 11) is 0. The average molecular weight is 239 g/mol. The number of carbonyl (C=O) groups excluding carboxylic acids is 2. The second kappa shape index (κ2) is 5.88. The lowest BCUT2D eigenvalue weighted by Gasteiger charge is -2.03. The first-order valence-corrected chi connectivity index (χ1v) is 5.47. The number of H-pyrrole nitrogens is 1. The first-order valence-electron chi connectivity index (χ1n) is 5.47. The molecule has 0 spiro atoms. The molecule has 94 valence electrons. The van der Waals surface area contributed by atoms with Crippen molar-refractivity contribution in [2.75, 3.05) is 18.8 Å². The van der Waals surface area contributed by atoms with E-state index in [4.69, 9.17) is 5.73 Å². The summed E-state index contributed by atoms with van der Waals surface area (Å²) in [4.78, 5) is 22.8. The Hall–Kier alpha value is -2.05. The van der Waals surface area contributed by atoms with Crippen molar-refractivity contribution in [3.63, 3.8) is 0 Å². The number of aromatic nitrogens is 2. The second-order valence-corrected chi connectivity index (χ2v) is 3.45. The molecule has 5 N–H and O–H groups in total. The summed E-state index contributed by atoms with van der Waals surface area (Å²) in [5, 5.41) is 11.5. The van der Waals surface area contributed by atoms with Gasteiger partial charge in [0.2, 0.25) is 5.91 Å². The highest BCUT2D eigenvalue weighted by molar-refractivity contribution is 5.99. The van der Waals surface area contributed by atoms with Crippen molar-refractivity contribution in [3.05, 3.63) is 11.4 Å². The van der Waals surface area contributed by atoms with E-state index >= 15 is 0 Å². The number of nitrogens with two attached hydrogens (primary N) is 1. The van der Waals surface area contributed by atoms with Gasteiger partial charge in [-0.25, -0.2) is 0 Å². The van der Waals surface area contributed by atoms with Crippen LogP contribution in [0.25, 0.3) is 0 Å². The SMILES string of the molecule is CCNC(=O)CNC(=O)c1n[nH]c(CC)c1N. The third-order valence-electron chi connectivity index (χ3n) is 2.23. The standard InChI is InChI=1S/C10H17N5O2/c1-3-6-8(11)9(15-14-6)10(17)13-5-7(16)12-4-2/h3-5,11H2,1-2H3,(H,12,16)(H,13,17)(H,14,15). The summed E-state index contributed by atoms with van der Waals surface area (Å²) in [6, 6.07) is 0. The Labute approximate surface area is 99.1 Å². The van der Waals surface area contributed by atoms with E-state index in [1.165, 1.54) is 0 Å². The number of nitrogens with zero attached hydrogens (tertiary/aromatic N) is 1. The predicted molar refractivity (Wildman–Crippen MR) is 63.4 cm³/mol. The normalized spacial score (nSPS) is 10.0. The number of amides is 2. The molecule has 0 atom stereocenters. The zero-order valence-corrected chi connectivity index (χ0v) is 9.96. The second-order valence-electron chi connectivity index (χ2n) is 3.45. The van der Waals surface area contributed by atoms with Crippen molar-refractivity contribution < 1.29 is 9.59 Å². The highest BCUT2D eigenvalue weighted by Gasteiger charge is 2.16. The maximum atomic E-state index is 11.6. The first kappa shape index (κ1) is 13.0. The van der Waals surface area contributed by atoms with Gasteiger partial charge < -0.3 is 16.4 Å². The molecule has 0 fully saturated rings. The molecule has 0 saturated carbocycles. The van der Waals surface area contributed by atoms with Crippen LogP contribution in [0.4, 0.5) is 5.69 Å². The Morgan fingerprint density at radius 1 is 1.35 bits per heavy atom. The number of nitrogen functional groups attached to an aromatic ring is 1. The summed E-state index contributed by atoms with van der Waals surface area (Å²) in [5.41, 5.74) is 6.91. The fourth-order valence-corrected chi connectivity index (χ4v) is 1.33. The van der Waals surface area contributed by atoms with Crippen molar-refractivity contribution in [3.8, 4) is 0 Å². The number of aromatic amines is 1. The van der Waals surface area contributed by atoms with E-state index in [1.54, 1.807) is 6.92 Å². The fraction of sp³-hybridized carbons (Fsp3) is 0.500. The van der Waals surface area contributed by atoms with E-state index in [0.29, 0.717) is 24.3 Å². The molecule has 0 aliphatic heterocycles. The van der Waals surface area contributed by atoms with Gasteiger partial charge in [-0.1, -0.05) is 6.92 Å². The average Bonchev–Trinajstić information content (AvgIpc) is 2.68. The molecule has 0 aromatic carbocycles. The van der Waals surface area contributed by atoms with Gasteiger partial charge in [-0.05, 0) is 13.3 Å². The number of rotatable bonds is 5. The van der Waals surface area contributed by atoms with Gasteiger partial charge in [-0.2, -0.15) is 5.10 Å². The molecule has 2 amide bonds. The number of anilines is 1. The third-order valence-corrected chi connectivity index (χ3v) is 2.23. The zero-order chi connectivity index (χ0) is 12.8. The van der Waals surface area contributed by atoms with Gasteiger partial charge in [0.25, 0.3) is 5.91 Å². The molecule has 7 heteroatoms. The summed E-state index contributed by atoms with van der Waals surface area (Å²) in [5.74, 6) is -0.699. The smallest absolute Gasteiger partial charge is 0.274 e. The monoisotopic (exact) mass is 239 g/mol. The van der Waals surface area contributed by atoms with Crippen molar-refractivity contribution >= 4 is 17.5 Å². The van der Waals surface area contributed by atoms with Crippen LogP contribution >= 0.6 is 0 Å². The Kier molecular flexibility index (Phi) is 4.50. The molecule has 1 aromatic heterocycles. The van der Waals surface area contributed by atoms with E-state index in [-0.39, 0.29) is 18.1 Å². The summed E-state index contributed by atoms with van der Waals surface area (Å²) < 4.78 is 0. The molecular weight excluding hydrogens is 222 g/mol. The van der Waals surface area contributed by atoms with Crippen LogP contribution in [0.15, 0.2) is 0 Å². The number of aryl methyl sites for hydroxylation is 1. The van der Waals surface area contributed by atoms with Gasteiger partial charge in [0.05, 0.1) is 17.9 Å². The van der Waals surface area contributed by atoms with Crippen LogP contribution in [-0.4, -0.2) is 35.1 Å². The van der Waals surface area contributed by atoms with Crippen LogP contribution in [-0.2, 0) is 11.2 Å². The molecule has 0 unspecified atom stereocenters. The van der Waals surface area contributed by atoms with Gasteiger partial charge in [0.1, 0.15) is 0 Å². The summed E-state index contributed by atoms with van der Waals surface area (Å²) in [6.07, 6.45) is 0.669. The van der Waals surface area contributed by atoms with Crippen molar-refractivity contribution in [1.29, 1.82) is 0 Å². The zero-order valence-electron chi connectivity index (χ0n) is 9.96. The molecule has 0 saturated heterocycles. The van der Waals surface area contributed by atoms with E-state index in [2.05, 4.69) is 20.8 Å². The quantitative estimate of drug-likeness (QED) is 0.550. The first-order chi connectivity index (χ1) is 8.10. The Morgan fingerprint density at radius 3 is 2.59 bits per heavy atom. The Bertz CT molecular complexity index is 413. The highest BCUT2D eigenvalue weighted by atomic mass is 16.2. The summed E-state index contributed by atoms with van der Waals surface area (Å²) >= 11 is 0. The molecule has 1 heterocycles. The van der Waals surface area contributed by atoms with Crippen LogP contribution in [0, 0.1) is 0 Å². The lowest BCUT2D eigenvalue weighted by atomic mass is 10.2. The van der Waals surface area contributed by atoms with E-state index in [9.17, 15) is 9.59 Å². The largest absolute Gasteiger partial charge is 0.395 e. The topological polar surface area (TPSA) is 113 Å². The molecule has 0 aliphatic carbocycles. The van der Waals surface area contributed by atoms with E-state index < -0.39 is 5.91 Å². The minimum absolute atomic E-state index is 0.0829. The molecular formula is C10H17N5O2. The van der Waals surface area contributed by atoms with Gasteiger partial charge >= 0.3 is 0 Å². The number of hydrogen-bond donors (Lipinski definition) is 4. The molecule has 0 aliphatic rings. The van der Waals surface area contributed by atoms with Crippen LogP contribution in [0.1, 0.15) is 30.0 Å². The molecule has 1 aromatic rings. The van der Waals surface area contributed by atoms with Crippen LogP contribution in [0.5, 0.6) is 0 Å². The van der Waals surface area contributed by atoms with Crippen molar-refractivity contribution in [1.82, 2.24) is 20.8 Å². The van der Waals surface area contributed by atoms with Gasteiger partial charge in [0.15, 0.2) is 5.69 Å². The van der Waals surface area contributed by atoms with Crippen molar-refractivity contribution in [2.45, 2.75) is 20.3 Å².